The van der Waals surface area contributed by atoms with Gasteiger partial charge in [-0.25, -0.2) is 0 Å². The molecule has 0 spiro atoms. The number of aromatic nitrogens is 1. The van der Waals surface area contributed by atoms with E-state index in [0.29, 0.717) is 0 Å². The Morgan fingerprint density at radius 3 is 2.76 bits per heavy atom. The highest BCUT2D eigenvalue weighted by Gasteiger charge is 2.31. The van der Waals surface area contributed by atoms with Gasteiger partial charge in [0, 0.05) is 35.8 Å². The molecule has 1 saturated heterocycles. The number of carbonyl (C=O) groups excluding carboxylic acids is 1. The molecule has 1 aromatic carbocycles. The summed E-state index contributed by atoms with van der Waals surface area (Å²) in [6.45, 7) is 3.03. The first-order valence-corrected chi connectivity index (χ1v) is 10.3. The lowest BCUT2D eigenvalue weighted by molar-refractivity contribution is 0.0760. The second-order valence-electron chi connectivity index (χ2n) is 6.52. The minimum atomic E-state index is 0.0786. The normalized spacial score (nSPS) is 17.0. The maximum Gasteiger partial charge on any atom is 0.255 e. The van der Waals surface area contributed by atoms with Crippen molar-refractivity contribution in [3.8, 4) is 0 Å². The van der Waals surface area contributed by atoms with Gasteiger partial charge in [0.1, 0.15) is 5.37 Å². The van der Waals surface area contributed by atoms with Gasteiger partial charge >= 0.3 is 0 Å². The molecule has 3 nitrogen and oxygen atoms in total. The molecule has 1 amide bonds. The van der Waals surface area contributed by atoms with Crippen molar-refractivity contribution in [1.82, 2.24) is 9.88 Å². The molecule has 1 aliphatic rings. The summed E-state index contributed by atoms with van der Waals surface area (Å²) in [6.07, 6.45) is 9.82. The van der Waals surface area contributed by atoms with Gasteiger partial charge in [-0.15, -0.1) is 11.8 Å². The third-order valence-corrected chi connectivity index (χ3v) is 5.90. The molecule has 0 N–H and O–H groups in total. The molecular weight excluding hydrogens is 328 g/mol. The van der Waals surface area contributed by atoms with Crippen LogP contribution in [0.4, 0.5) is 0 Å². The topological polar surface area (TPSA) is 33.2 Å². The molecule has 2 aromatic rings. The van der Waals surface area contributed by atoms with Crippen molar-refractivity contribution >= 4 is 17.7 Å². The molecule has 0 bridgehead atoms. The number of aryl methyl sites for hydroxylation is 1. The lowest BCUT2D eigenvalue weighted by Crippen LogP contribution is -2.30. The fourth-order valence-corrected chi connectivity index (χ4v) is 4.45. The lowest BCUT2D eigenvalue weighted by atomic mass is 10.0. The van der Waals surface area contributed by atoms with Crippen LogP contribution < -0.4 is 0 Å². The predicted octanol–water partition coefficient (Wildman–Crippen LogP) is 5.09. The minimum absolute atomic E-state index is 0.0786. The van der Waals surface area contributed by atoms with Crippen LogP contribution in [0.2, 0.25) is 0 Å². The maximum absolute atomic E-state index is 12.9. The maximum atomic E-state index is 12.9. The van der Waals surface area contributed by atoms with Crippen molar-refractivity contribution in [2.75, 3.05) is 12.3 Å². The van der Waals surface area contributed by atoms with E-state index in [1.807, 2.05) is 41.1 Å². The number of benzene rings is 1. The van der Waals surface area contributed by atoms with Crippen LogP contribution in [0.3, 0.4) is 0 Å². The van der Waals surface area contributed by atoms with Crippen LogP contribution in [0.5, 0.6) is 0 Å². The van der Waals surface area contributed by atoms with Gasteiger partial charge in [-0.1, -0.05) is 44.4 Å². The van der Waals surface area contributed by atoms with Gasteiger partial charge in [-0.2, -0.15) is 0 Å². The zero-order valence-electron chi connectivity index (χ0n) is 14.9. The van der Waals surface area contributed by atoms with Crippen LogP contribution in [-0.4, -0.2) is 28.1 Å². The second-order valence-corrected chi connectivity index (χ2v) is 7.70. The Kier molecular flexibility index (Phi) is 6.51. The molecule has 1 fully saturated rings. The summed E-state index contributed by atoms with van der Waals surface area (Å²) in [4.78, 5) is 19.1. The fourth-order valence-electron chi connectivity index (χ4n) is 3.21. The van der Waals surface area contributed by atoms with Crippen LogP contribution in [-0.2, 0) is 6.42 Å². The standard InChI is InChI=1S/C21H26N2OS/c1-2-3-4-5-7-17-9-11-18(12-10-17)20(24)23-14-15-25-21(23)19-8-6-13-22-16-19/h6,8-13,16,21H,2-5,7,14-15H2,1H3/t21-/m1/s1. The van der Waals surface area contributed by atoms with E-state index in [1.54, 1.807) is 6.20 Å². The molecule has 0 unspecified atom stereocenters. The molecule has 0 aliphatic carbocycles. The van der Waals surface area contributed by atoms with Crippen molar-refractivity contribution in [3.05, 3.63) is 65.5 Å². The Morgan fingerprint density at radius 1 is 1.20 bits per heavy atom. The number of thioether (sulfide) groups is 1. The Labute approximate surface area is 154 Å². The van der Waals surface area contributed by atoms with Gasteiger partial charge in [0.15, 0.2) is 0 Å². The monoisotopic (exact) mass is 354 g/mol. The molecule has 0 saturated carbocycles. The molecule has 4 heteroatoms. The summed E-state index contributed by atoms with van der Waals surface area (Å²) >= 11 is 1.81. The number of hydrogen-bond acceptors (Lipinski definition) is 3. The van der Waals surface area contributed by atoms with E-state index in [9.17, 15) is 4.79 Å². The Bertz CT molecular complexity index is 672. The first-order valence-electron chi connectivity index (χ1n) is 9.21. The van der Waals surface area contributed by atoms with Crippen molar-refractivity contribution in [3.63, 3.8) is 0 Å². The van der Waals surface area contributed by atoms with Crippen LogP contribution in [0.25, 0.3) is 0 Å². The summed E-state index contributed by atoms with van der Waals surface area (Å²) in [5, 5.41) is 0.0786. The first-order chi connectivity index (χ1) is 12.3. The molecule has 1 aromatic heterocycles. The van der Waals surface area contributed by atoms with Crippen molar-refractivity contribution in [2.24, 2.45) is 0 Å². The molecule has 0 radical (unpaired) electrons. The van der Waals surface area contributed by atoms with Crippen molar-refractivity contribution in [2.45, 2.75) is 44.4 Å². The van der Waals surface area contributed by atoms with E-state index in [0.717, 1.165) is 29.8 Å². The largest absolute Gasteiger partial charge is 0.322 e. The van der Waals surface area contributed by atoms with Gasteiger partial charge in [0.2, 0.25) is 0 Å². The highest BCUT2D eigenvalue weighted by Crippen LogP contribution is 2.38. The van der Waals surface area contributed by atoms with E-state index in [1.165, 1.54) is 31.2 Å². The second kappa shape index (κ2) is 9.04. The molecule has 25 heavy (non-hydrogen) atoms. The Hall–Kier alpha value is -1.81. The molecule has 1 atom stereocenters. The summed E-state index contributed by atoms with van der Waals surface area (Å²) in [5.74, 6) is 1.09. The fraction of sp³-hybridized carbons (Fsp3) is 0.429. The summed E-state index contributed by atoms with van der Waals surface area (Å²) in [7, 11) is 0. The average Bonchev–Trinajstić information content (AvgIpc) is 3.16. The third kappa shape index (κ3) is 4.63. The Morgan fingerprint density at radius 2 is 2.04 bits per heavy atom. The summed E-state index contributed by atoms with van der Waals surface area (Å²) in [5.41, 5.74) is 3.21. The van der Waals surface area contributed by atoms with Gasteiger partial charge in [-0.3, -0.25) is 9.78 Å². The SMILES string of the molecule is CCCCCCc1ccc(C(=O)N2CCS[C@@H]2c2cccnc2)cc1. The van der Waals surface area contributed by atoms with Crippen LogP contribution >= 0.6 is 11.8 Å². The average molecular weight is 355 g/mol. The number of amides is 1. The zero-order valence-corrected chi connectivity index (χ0v) is 15.7. The summed E-state index contributed by atoms with van der Waals surface area (Å²) < 4.78 is 0. The third-order valence-electron chi connectivity index (χ3n) is 4.64. The van der Waals surface area contributed by atoms with E-state index in [4.69, 9.17) is 0 Å². The lowest BCUT2D eigenvalue weighted by Gasteiger charge is -2.24. The zero-order chi connectivity index (χ0) is 17.5. The smallest absolute Gasteiger partial charge is 0.255 e. The highest BCUT2D eigenvalue weighted by molar-refractivity contribution is 7.99. The number of nitrogens with zero attached hydrogens (tertiary/aromatic N) is 2. The van der Waals surface area contributed by atoms with E-state index < -0.39 is 0 Å². The van der Waals surface area contributed by atoms with Crippen LogP contribution in [0.15, 0.2) is 48.8 Å². The van der Waals surface area contributed by atoms with E-state index in [2.05, 4.69) is 30.1 Å². The number of hydrogen-bond donors (Lipinski definition) is 0. The van der Waals surface area contributed by atoms with Crippen LogP contribution in [0, 0.1) is 0 Å². The number of rotatable bonds is 7. The predicted molar refractivity (Wildman–Crippen MR) is 105 cm³/mol. The molecule has 2 heterocycles. The van der Waals surface area contributed by atoms with E-state index >= 15 is 0 Å². The minimum Gasteiger partial charge on any atom is -0.322 e. The van der Waals surface area contributed by atoms with Gasteiger partial charge in [-0.05, 0) is 36.6 Å². The summed E-state index contributed by atoms with van der Waals surface area (Å²) in [6, 6.07) is 12.2. The van der Waals surface area contributed by atoms with Crippen molar-refractivity contribution in [1.29, 1.82) is 0 Å². The quantitative estimate of drug-likeness (QED) is 0.649. The van der Waals surface area contributed by atoms with Gasteiger partial charge in [0.05, 0.1) is 0 Å². The van der Waals surface area contributed by atoms with Gasteiger partial charge in [0.25, 0.3) is 5.91 Å². The number of unbranched alkanes of at least 4 members (excludes halogenated alkanes) is 3. The highest BCUT2D eigenvalue weighted by atomic mass is 32.2. The van der Waals surface area contributed by atoms with Crippen molar-refractivity contribution < 1.29 is 4.79 Å². The molecule has 132 valence electrons. The van der Waals surface area contributed by atoms with Gasteiger partial charge < -0.3 is 4.90 Å². The molecule has 3 rings (SSSR count). The number of carbonyl (C=O) groups is 1. The van der Waals surface area contributed by atoms with E-state index in [-0.39, 0.29) is 11.3 Å². The number of pyridine rings is 1. The molecule has 1 aliphatic heterocycles. The first kappa shape index (κ1) is 18.0. The molecular formula is C21H26N2OS. The Balaban J connectivity index is 1.64. The van der Waals surface area contributed by atoms with Crippen LogP contribution in [0.1, 0.15) is 59.5 Å².